The third-order valence-corrected chi connectivity index (χ3v) is 4.05. The van der Waals surface area contributed by atoms with Crippen LogP contribution in [0.5, 0.6) is 0 Å². The van der Waals surface area contributed by atoms with E-state index in [0.29, 0.717) is 6.54 Å². The average molecular weight is 399 g/mol. The van der Waals surface area contributed by atoms with Gasteiger partial charge in [0.05, 0.1) is 4.92 Å². The maximum Gasteiger partial charge on any atom is 0.325 e. The summed E-state index contributed by atoms with van der Waals surface area (Å²) < 4.78 is 4.82. The van der Waals surface area contributed by atoms with Gasteiger partial charge >= 0.3 is 5.97 Å². The maximum atomic E-state index is 12.0. The van der Waals surface area contributed by atoms with Gasteiger partial charge in [-0.15, -0.1) is 0 Å². The highest BCUT2D eigenvalue weighted by Crippen LogP contribution is 2.13. The first-order chi connectivity index (χ1) is 13.9. The number of nitrogens with zero attached hydrogens (tertiary/aromatic N) is 1. The van der Waals surface area contributed by atoms with E-state index in [-0.39, 0.29) is 17.2 Å². The van der Waals surface area contributed by atoms with Gasteiger partial charge in [0.15, 0.2) is 6.61 Å². The molecule has 0 heterocycles. The van der Waals surface area contributed by atoms with Gasteiger partial charge in [-0.05, 0) is 17.5 Å². The molecule has 152 valence electrons. The Kier molecular flexibility index (Phi) is 7.84. The summed E-state index contributed by atoms with van der Waals surface area (Å²) in [5, 5.41) is 15.7. The highest BCUT2D eigenvalue weighted by atomic mass is 16.6. The molecule has 1 atom stereocenters. The summed E-state index contributed by atoms with van der Waals surface area (Å²) in [6.07, 6.45) is 0. The number of ether oxygens (including phenoxy) is 1. The lowest BCUT2D eigenvalue weighted by Gasteiger charge is -2.13. The molecule has 2 aromatic carbocycles. The second-order valence-electron chi connectivity index (χ2n) is 6.27. The molecule has 2 aromatic rings. The Labute approximate surface area is 167 Å². The molecule has 9 heteroatoms. The number of nitro groups is 1. The molecule has 0 aliphatic rings. The lowest BCUT2D eigenvalue weighted by molar-refractivity contribution is -0.384. The van der Waals surface area contributed by atoms with Gasteiger partial charge in [0.25, 0.3) is 17.5 Å². The Bertz CT molecular complexity index is 885. The van der Waals surface area contributed by atoms with Crippen LogP contribution in [0.1, 0.15) is 28.8 Å². The second-order valence-corrected chi connectivity index (χ2v) is 6.27. The van der Waals surface area contributed by atoms with Crippen LogP contribution in [0, 0.1) is 10.1 Å². The highest BCUT2D eigenvalue weighted by molar-refractivity contribution is 5.96. The first-order valence-corrected chi connectivity index (χ1v) is 8.86. The molecule has 0 unspecified atom stereocenters. The van der Waals surface area contributed by atoms with Crippen LogP contribution >= 0.6 is 0 Å². The van der Waals surface area contributed by atoms with Crippen LogP contribution in [-0.2, 0) is 14.3 Å². The number of rotatable bonds is 9. The van der Waals surface area contributed by atoms with E-state index in [1.807, 2.05) is 37.3 Å². The van der Waals surface area contributed by atoms with E-state index in [1.165, 1.54) is 18.2 Å². The minimum atomic E-state index is -0.796. The molecular weight excluding hydrogens is 378 g/mol. The SMILES string of the molecule is C[C@H](CNC(=O)COC(=O)CNC(=O)c1cccc([N+](=O)[O-])c1)c1ccccc1. The summed E-state index contributed by atoms with van der Waals surface area (Å²) in [5.74, 6) is -1.81. The van der Waals surface area contributed by atoms with Crippen LogP contribution < -0.4 is 10.6 Å². The van der Waals surface area contributed by atoms with Crippen LogP contribution in [-0.4, -0.2) is 42.4 Å². The lowest BCUT2D eigenvalue weighted by atomic mass is 10.0. The minimum absolute atomic E-state index is 0.0413. The first kappa shape index (κ1) is 21.5. The topological polar surface area (TPSA) is 128 Å². The van der Waals surface area contributed by atoms with Gasteiger partial charge in [-0.3, -0.25) is 24.5 Å². The molecule has 2 amide bonds. The number of esters is 1. The molecule has 0 fully saturated rings. The molecule has 0 radical (unpaired) electrons. The van der Waals surface area contributed by atoms with E-state index in [9.17, 15) is 24.5 Å². The number of nitrogens with one attached hydrogen (secondary N) is 2. The predicted molar refractivity (Wildman–Crippen MR) is 104 cm³/mol. The van der Waals surface area contributed by atoms with Crippen LogP contribution in [0.25, 0.3) is 0 Å². The Morgan fingerprint density at radius 1 is 1.07 bits per heavy atom. The smallest absolute Gasteiger partial charge is 0.325 e. The maximum absolute atomic E-state index is 12.0. The number of non-ortho nitro benzene ring substituents is 1. The summed E-state index contributed by atoms with van der Waals surface area (Å²) >= 11 is 0. The van der Waals surface area contributed by atoms with E-state index in [2.05, 4.69) is 10.6 Å². The van der Waals surface area contributed by atoms with Crippen molar-refractivity contribution < 1.29 is 24.0 Å². The van der Waals surface area contributed by atoms with E-state index in [0.717, 1.165) is 11.6 Å². The third-order valence-electron chi connectivity index (χ3n) is 4.05. The number of amides is 2. The number of benzene rings is 2. The van der Waals surface area contributed by atoms with E-state index < -0.39 is 35.9 Å². The summed E-state index contributed by atoms with van der Waals surface area (Å²) in [5.41, 5.74) is 0.884. The van der Waals surface area contributed by atoms with Crippen molar-refractivity contribution in [3.8, 4) is 0 Å². The molecule has 29 heavy (non-hydrogen) atoms. The molecule has 9 nitrogen and oxygen atoms in total. The van der Waals surface area contributed by atoms with E-state index >= 15 is 0 Å². The molecule has 0 aliphatic heterocycles. The summed E-state index contributed by atoms with van der Waals surface area (Å²) in [7, 11) is 0. The molecule has 0 aromatic heterocycles. The Morgan fingerprint density at radius 2 is 1.79 bits per heavy atom. The molecule has 0 bridgehead atoms. The van der Waals surface area contributed by atoms with Crippen LogP contribution in [0.15, 0.2) is 54.6 Å². The zero-order chi connectivity index (χ0) is 21.2. The van der Waals surface area contributed by atoms with Crippen molar-refractivity contribution in [3.63, 3.8) is 0 Å². The normalized spacial score (nSPS) is 11.2. The Morgan fingerprint density at radius 3 is 2.48 bits per heavy atom. The zero-order valence-corrected chi connectivity index (χ0v) is 15.8. The second kappa shape index (κ2) is 10.5. The molecule has 0 saturated carbocycles. The molecule has 0 aliphatic carbocycles. The third kappa shape index (κ3) is 7.06. The number of nitro benzene ring substituents is 1. The van der Waals surface area contributed by atoms with Gasteiger partial charge in [-0.25, -0.2) is 0 Å². The van der Waals surface area contributed by atoms with Crippen molar-refractivity contribution in [2.24, 2.45) is 0 Å². The van der Waals surface area contributed by atoms with Crippen LogP contribution in [0.2, 0.25) is 0 Å². The standard InChI is InChI=1S/C20H21N3O6/c1-14(15-6-3-2-4-7-15)11-21-18(24)13-29-19(25)12-22-20(26)16-8-5-9-17(10-16)23(27)28/h2-10,14H,11-13H2,1H3,(H,21,24)(H,22,26)/t14-/m1/s1. The molecule has 0 saturated heterocycles. The number of carbonyl (C=O) groups excluding carboxylic acids is 3. The van der Waals surface area contributed by atoms with E-state index in [1.54, 1.807) is 0 Å². The quantitative estimate of drug-likeness (QED) is 0.376. The van der Waals surface area contributed by atoms with Crippen molar-refractivity contribution in [2.45, 2.75) is 12.8 Å². The number of carbonyl (C=O) groups is 3. The van der Waals surface area contributed by atoms with Crippen molar-refractivity contribution in [1.29, 1.82) is 0 Å². The summed E-state index contributed by atoms with van der Waals surface area (Å²) in [6.45, 7) is 1.43. The fourth-order valence-corrected chi connectivity index (χ4v) is 2.43. The van der Waals surface area contributed by atoms with Gasteiger partial charge in [-0.1, -0.05) is 43.3 Å². The van der Waals surface area contributed by atoms with Gasteiger partial charge in [0.1, 0.15) is 6.54 Å². The predicted octanol–water partition coefficient (Wildman–Crippen LogP) is 1.79. The number of hydrogen-bond acceptors (Lipinski definition) is 6. The van der Waals surface area contributed by atoms with Crippen molar-refractivity contribution in [3.05, 3.63) is 75.8 Å². The zero-order valence-electron chi connectivity index (χ0n) is 15.8. The first-order valence-electron chi connectivity index (χ1n) is 8.86. The summed E-state index contributed by atoms with van der Waals surface area (Å²) in [4.78, 5) is 45.6. The fourth-order valence-electron chi connectivity index (χ4n) is 2.43. The lowest BCUT2D eigenvalue weighted by Crippen LogP contribution is -2.35. The van der Waals surface area contributed by atoms with Crippen molar-refractivity contribution >= 4 is 23.5 Å². The average Bonchev–Trinajstić information content (AvgIpc) is 2.74. The largest absolute Gasteiger partial charge is 0.454 e. The number of hydrogen-bond donors (Lipinski definition) is 2. The molecule has 2 rings (SSSR count). The molecule has 0 spiro atoms. The highest BCUT2D eigenvalue weighted by Gasteiger charge is 2.14. The van der Waals surface area contributed by atoms with Crippen LogP contribution in [0.4, 0.5) is 5.69 Å². The Balaban J connectivity index is 1.70. The van der Waals surface area contributed by atoms with Gasteiger partial charge in [0.2, 0.25) is 0 Å². The Hall–Kier alpha value is -3.75. The van der Waals surface area contributed by atoms with E-state index in [4.69, 9.17) is 4.74 Å². The van der Waals surface area contributed by atoms with Crippen molar-refractivity contribution in [1.82, 2.24) is 10.6 Å². The van der Waals surface area contributed by atoms with Crippen LogP contribution in [0.3, 0.4) is 0 Å². The molecular formula is C20H21N3O6. The molecule has 2 N–H and O–H groups in total. The fraction of sp³-hybridized carbons (Fsp3) is 0.250. The van der Waals surface area contributed by atoms with Gasteiger partial charge in [-0.2, -0.15) is 0 Å². The monoisotopic (exact) mass is 399 g/mol. The summed E-state index contributed by atoms with van der Waals surface area (Å²) in [6, 6.07) is 14.8. The minimum Gasteiger partial charge on any atom is -0.454 e. The van der Waals surface area contributed by atoms with Crippen molar-refractivity contribution in [2.75, 3.05) is 19.7 Å². The van der Waals surface area contributed by atoms with Gasteiger partial charge in [0, 0.05) is 24.2 Å². The van der Waals surface area contributed by atoms with Gasteiger partial charge < -0.3 is 15.4 Å².